The molecule has 1 aliphatic heterocycles. The summed E-state index contributed by atoms with van der Waals surface area (Å²) in [5.74, 6) is -0.259. The number of hydrogen-bond acceptors (Lipinski definition) is 4. The van der Waals surface area contributed by atoms with E-state index in [2.05, 4.69) is 30.7 Å². The molecule has 0 unspecified atom stereocenters. The Balaban J connectivity index is 2.06. The molecule has 1 aromatic rings. The van der Waals surface area contributed by atoms with Crippen molar-refractivity contribution in [3.8, 4) is 5.75 Å². The van der Waals surface area contributed by atoms with E-state index in [9.17, 15) is 4.39 Å². The Morgan fingerprint density at radius 1 is 1.22 bits per heavy atom. The zero-order valence-corrected chi connectivity index (χ0v) is 11.1. The van der Waals surface area contributed by atoms with Gasteiger partial charge in [-0.15, -0.1) is 0 Å². The first kappa shape index (κ1) is 13.1. The number of halogens is 1. The van der Waals surface area contributed by atoms with Crippen molar-refractivity contribution in [3.05, 3.63) is 18.1 Å². The van der Waals surface area contributed by atoms with Gasteiger partial charge in [-0.25, -0.2) is 9.37 Å². The molecule has 2 heterocycles. The summed E-state index contributed by atoms with van der Waals surface area (Å²) in [6.07, 6.45) is 1.29. The molecule has 2 rings (SSSR count). The van der Waals surface area contributed by atoms with Crippen LogP contribution in [-0.4, -0.2) is 46.7 Å². The first-order valence-electron chi connectivity index (χ1n) is 6.22. The van der Waals surface area contributed by atoms with Gasteiger partial charge in [0.2, 0.25) is 0 Å². The highest BCUT2D eigenvalue weighted by Crippen LogP contribution is 2.23. The van der Waals surface area contributed by atoms with Crippen LogP contribution in [0.25, 0.3) is 0 Å². The second-order valence-corrected chi connectivity index (χ2v) is 5.64. The molecule has 1 N–H and O–H groups in total. The number of anilines is 1. The summed E-state index contributed by atoms with van der Waals surface area (Å²) in [5, 5.41) is 9.16. The molecule has 1 aliphatic rings. The van der Waals surface area contributed by atoms with Gasteiger partial charge in [-0.3, -0.25) is 4.90 Å². The van der Waals surface area contributed by atoms with Crippen LogP contribution in [0.3, 0.4) is 0 Å². The van der Waals surface area contributed by atoms with Crippen molar-refractivity contribution in [2.45, 2.75) is 26.3 Å². The number of aromatic hydroxyl groups is 1. The van der Waals surface area contributed by atoms with E-state index in [0.717, 1.165) is 32.2 Å². The first-order valence-corrected chi connectivity index (χ1v) is 6.22. The minimum absolute atomic E-state index is 0.135. The van der Waals surface area contributed by atoms with Gasteiger partial charge in [0.15, 0.2) is 11.6 Å². The molecule has 1 saturated heterocycles. The smallest absolute Gasteiger partial charge is 0.169 e. The molecule has 100 valence electrons. The van der Waals surface area contributed by atoms with E-state index in [1.165, 1.54) is 6.20 Å². The number of nitrogens with zero attached hydrogens (tertiary/aromatic N) is 3. The van der Waals surface area contributed by atoms with Crippen LogP contribution < -0.4 is 4.90 Å². The summed E-state index contributed by atoms with van der Waals surface area (Å²) < 4.78 is 13.7. The summed E-state index contributed by atoms with van der Waals surface area (Å²) in [5.41, 5.74) is 0.146. The van der Waals surface area contributed by atoms with Crippen LogP contribution in [0.15, 0.2) is 12.3 Å². The van der Waals surface area contributed by atoms with Gasteiger partial charge in [-0.2, -0.15) is 0 Å². The van der Waals surface area contributed by atoms with E-state index < -0.39 is 5.82 Å². The van der Waals surface area contributed by atoms with Gasteiger partial charge in [0.25, 0.3) is 0 Å². The number of pyridine rings is 1. The SMILES string of the molecule is CC(C)(C)N1CCN(c2ncc(O)cc2F)CC1. The first-order chi connectivity index (χ1) is 8.38. The third-order valence-electron chi connectivity index (χ3n) is 3.34. The highest BCUT2D eigenvalue weighted by atomic mass is 19.1. The predicted molar refractivity (Wildman–Crippen MR) is 69.4 cm³/mol. The maximum atomic E-state index is 13.7. The molecule has 18 heavy (non-hydrogen) atoms. The van der Waals surface area contributed by atoms with Crippen LogP contribution in [-0.2, 0) is 0 Å². The second-order valence-electron chi connectivity index (χ2n) is 5.64. The van der Waals surface area contributed by atoms with Crippen LogP contribution >= 0.6 is 0 Å². The van der Waals surface area contributed by atoms with Gasteiger partial charge in [-0.1, -0.05) is 0 Å². The summed E-state index contributed by atoms with van der Waals surface area (Å²) in [6.45, 7) is 9.85. The molecule has 0 radical (unpaired) electrons. The maximum absolute atomic E-state index is 13.7. The number of piperazine rings is 1. The average molecular weight is 253 g/mol. The topological polar surface area (TPSA) is 39.6 Å². The van der Waals surface area contributed by atoms with E-state index in [-0.39, 0.29) is 11.3 Å². The summed E-state index contributed by atoms with van der Waals surface area (Å²) in [6, 6.07) is 1.11. The molecule has 0 spiro atoms. The Morgan fingerprint density at radius 3 is 2.33 bits per heavy atom. The lowest BCUT2D eigenvalue weighted by atomic mass is 10.1. The van der Waals surface area contributed by atoms with Crippen LogP contribution in [0, 0.1) is 5.82 Å². The van der Waals surface area contributed by atoms with Crippen LogP contribution in [0.2, 0.25) is 0 Å². The van der Waals surface area contributed by atoms with Crippen LogP contribution in [0.1, 0.15) is 20.8 Å². The average Bonchev–Trinajstić information content (AvgIpc) is 2.28. The molecule has 4 nitrogen and oxygen atoms in total. The lowest BCUT2D eigenvalue weighted by Crippen LogP contribution is -2.53. The Bertz CT molecular complexity index is 423. The molecule has 0 aliphatic carbocycles. The van der Waals surface area contributed by atoms with Crippen molar-refractivity contribution in [2.75, 3.05) is 31.1 Å². The Morgan fingerprint density at radius 2 is 1.83 bits per heavy atom. The number of rotatable bonds is 1. The third kappa shape index (κ3) is 2.72. The van der Waals surface area contributed by atoms with Crippen molar-refractivity contribution in [3.63, 3.8) is 0 Å². The standard InChI is InChI=1S/C13H20FN3O/c1-13(2,3)17-6-4-16(5-7-17)12-11(14)8-10(18)9-15-12/h8-9,18H,4-7H2,1-3H3. The highest BCUT2D eigenvalue weighted by molar-refractivity contribution is 5.42. The van der Waals surface area contributed by atoms with Gasteiger partial charge in [0.1, 0.15) is 5.75 Å². The van der Waals surface area contributed by atoms with E-state index in [1.807, 2.05) is 4.90 Å². The van der Waals surface area contributed by atoms with Gasteiger partial charge in [-0.05, 0) is 20.8 Å². The monoisotopic (exact) mass is 253 g/mol. The van der Waals surface area contributed by atoms with E-state index in [4.69, 9.17) is 5.11 Å². The van der Waals surface area contributed by atoms with Gasteiger partial charge < -0.3 is 10.0 Å². The Labute approximate surface area is 107 Å². The molecule has 0 saturated carbocycles. The van der Waals surface area contributed by atoms with Crippen molar-refractivity contribution in [2.24, 2.45) is 0 Å². The third-order valence-corrected chi connectivity index (χ3v) is 3.34. The lowest BCUT2D eigenvalue weighted by molar-refractivity contribution is 0.128. The molecule has 1 fully saturated rings. The quantitative estimate of drug-likeness (QED) is 0.829. The normalized spacial score (nSPS) is 18.1. The van der Waals surface area contributed by atoms with Crippen LogP contribution in [0.4, 0.5) is 10.2 Å². The summed E-state index contributed by atoms with van der Waals surface area (Å²) in [7, 11) is 0. The lowest BCUT2D eigenvalue weighted by Gasteiger charge is -2.42. The molecule has 1 aromatic heterocycles. The number of aromatic nitrogens is 1. The fourth-order valence-corrected chi connectivity index (χ4v) is 2.24. The predicted octanol–water partition coefficient (Wildman–Crippen LogP) is 1.85. The molecule has 0 atom stereocenters. The fraction of sp³-hybridized carbons (Fsp3) is 0.615. The molecule has 0 bridgehead atoms. The zero-order valence-electron chi connectivity index (χ0n) is 11.1. The fourth-order valence-electron chi connectivity index (χ4n) is 2.24. The van der Waals surface area contributed by atoms with Gasteiger partial charge >= 0.3 is 0 Å². The molecule has 0 amide bonds. The Kier molecular flexibility index (Phi) is 3.43. The van der Waals surface area contributed by atoms with Gasteiger partial charge in [0, 0.05) is 37.8 Å². The molecule has 5 heteroatoms. The van der Waals surface area contributed by atoms with Crippen molar-refractivity contribution in [1.82, 2.24) is 9.88 Å². The minimum atomic E-state index is -0.459. The molecule has 0 aromatic carbocycles. The van der Waals surface area contributed by atoms with Crippen LogP contribution in [0.5, 0.6) is 5.75 Å². The molecular weight excluding hydrogens is 233 g/mol. The van der Waals surface area contributed by atoms with E-state index in [0.29, 0.717) is 5.82 Å². The van der Waals surface area contributed by atoms with E-state index >= 15 is 0 Å². The zero-order chi connectivity index (χ0) is 13.3. The largest absolute Gasteiger partial charge is 0.506 e. The van der Waals surface area contributed by atoms with Crippen molar-refractivity contribution >= 4 is 5.82 Å². The van der Waals surface area contributed by atoms with Crippen molar-refractivity contribution < 1.29 is 9.50 Å². The summed E-state index contributed by atoms with van der Waals surface area (Å²) >= 11 is 0. The highest BCUT2D eigenvalue weighted by Gasteiger charge is 2.27. The summed E-state index contributed by atoms with van der Waals surface area (Å²) in [4.78, 5) is 8.28. The Hall–Kier alpha value is -1.36. The van der Waals surface area contributed by atoms with Crippen molar-refractivity contribution in [1.29, 1.82) is 0 Å². The van der Waals surface area contributed by atoms with Gasteiger partial charge in [0.05, 0.1) is 6.20 Å². The molecular formula is C13H20FN3O. The number of hydrogen-bond donors (Lipinski definition) is 1. The maximum Gasteiger partial charge on any atom is 0.169 e. The van der Waals surface area contributed by atoms with E-state index in [1.54, 1.807) is 0 Å². The second kappa shape index (κ2) is 4.72. The minimum Gasteiger partial charge on any atom is -0.506 e.